The monoisotopic (exact) mass is 304 g/mol. The number of amides is 3. The molecule has 0 aliphatic carbocycles. The Hall–Kier alpha value is -2.18. The van der Waals surface area contributed by atoms with Gasteiger partial charge in [-0.1, -0.05) is 11.9 Å². The highest BCUT2D eigenvalue weighted by molar-refractivity contribution is 6.20. The van der Waals surface area contributed by atoms with Gasteiger partial charge in [0, 0.05) is 13.6 Å². The minimum Gasteiger partial charge on any atom is -0.270 e. The minimum atomic E-state index is -0.519. The molecule has 1 saturated heterocycles. The van der Waals surface area contributed by atoms with Crippen molar-refractivity contribution in [1.82, 2.24) is 14.4 Å². The molecule has 118 valence electrons. The fraction of sp³-hybridized carbons (Fsp3) is 0.600. The summed E-state index contributed by atoms with van der Waals surface area (Å²) in [5.41, 5.74) is 2.15. The fourth-order valence-corrected chi connectivity index (χ4v) is 3.28. The van der Waals surface area contributed by atoms with Crippen molar-refractivity contribution in [2.24, 2.45) is 4.99 Å². The third-order valence-electron chi connectivity index (χ3n) is 4.59. The lowest BCUT2D eigenvalue weighted by Gasteiger charge is -2.32. The normalized spacial score (nSPS) is 20.4. The third-order valence-corrected chi connectivity index (χ3v) is 4.59. The van der Waals surface area contributed by atoms with Crippen LogP contribution in [0, 0.1) is 13.8 Å². The first-order valence-corrected chi connectivity index (χ1v) is 7.72. The first-order chi connectivity index (χ1) is 10.4. The van der Waals surface area contributed by atoms with Crippen molar-refractivity contribution in [3.05, 3.63) is 11.4 Å². The molecule has 7 heteroatoms. The summed E-state index contributed by atoms with van der Waals surface area (Å²) < 4.78 is 4.09. The summed E-state index contributed by atoms with van der Waals surface area (Å²) in [6, 6.07) is -0.820. The lowest BCUT2D eigenvalue weighted by Crippen LogP contribution is -2.57. The standard InChI is InChI=1S/C15H22N5O2/c1-6-8-19-9(3)10(4)20-11-12(16-14(19)20)17(5)15(22)18(7-2)13(11)21/h11H,6-8H2,1-5H3/q+1. The number of nitrogens with zero attached hydrogens (tertiary/aromatic N) is 5. The molecule has 1 aromatic heterocycles. The number of imidazole rings is 1. The number of likely N-dealkylation sites (N-methyl/N-ethyl adjacent to an activating group) is 2. The molecular weight excluding hydrogens is 282 g/mol. The van der Waals surface area contributed by atoms with Gasteiger partial charge in [-0.2, -0.15) is 0 Å². The van der Waals surface area contributed by atoms with E-state index in [1.165, 1.54) is 9.80 Å². The Morgan fingerprint density at radius 2 is 1.91 bits per heavy atom. The minimum absolute atomic E-state index is 0.190. The maximum Gasteiger partial charge on any atom is 0.402 e. The molecule has 1 atom stereocenters. The predicted molar refractivity (Wildman–Crippen MR) is 81.1 cm³/mol. The molecule has 3 amide bonds. The zero-order valence-corrected chi connectivity index (χ0v) is 13.8. The number of urea groups is 1. The van der Waals surface area contributed by atoms with Crippen molar-refractivity contribution >= 4 is 23.7 Å². The number of amidine groups is 1. The van der Waals surface area contributed by atoms with Gasteiger partial charge in [-0.15, -0.1) is 0 Å². The number of carbonyl (C=O) groups excluding carboxylic acids is 2. The SMILES string of the molecule is CCC[n+]1c(C)c(C)n2c1N=C1C2C(=O)N(CC)C(=O)N1C. The largest absolute Gasteiger partial charge is 0.402 e. The van der Waals surface area contributed by atoms with Crippen molar-refractivity contribution in [3.63, 3.8) is 0 Å². The van der Waals surface area contributed by atoms with E-state index in [-0.39, 0.29) is 11.9 Å². The van der Waals surface area contributed by atoms with Gasteiger partial charge in [0.25, 0.3) is 5.91 Å². The van der Waals surface area contributed by atoms with Crippen LogP contribution < -0.4 is 4.57 Å². The van der Waals surface area contributed by atoms with Crippen molar-refractivity contribution in [3.8, 4) is 0 Å². The van der Waals surface area contributed by atoms with E-state index in [2.05, 4.69) is 16.5 Å². The van der Waals surface area contributed by atoms with Crippen LogP contribution in [0.2, 0.25) is 0 Å². The molecule has 3 rings (SSSR count). The predicted octanol–water partition coefficient (Wildman–Crippen LogP) is 1.30. The van der Waals surface area contributed by atoms with Crippen LogP contribution in [0.3, 0.4) is 0 Å². The fourth-order valence-electron chi connectivity index (χ4n) is 3.28. The molecule has 0 radical (unpaired) electrons. The molecule has 0 spiro atoms. The van der Waals surface area contributed by atoms with Crippen molar-refractivity contribution in [2.45, 2.75) is 46.7 Å². The second-order valence-electron chi connectivity index (χ2n) is 5.79. The molecule has 1 fully saturated rings. The summed E-state index contributed by atoms with van der Waals surface area (Å²) in [6.07, 6.45) is 0.987. The van der Waals surface area contributed by atoms with Gasteiger partial charge in [-0.3, -0.25) is 14.6 Å². The highest BCUT2D eigenvalue weighted by atomic mass is 16.2. The quantitative estimate of drug-likeness (QED) is 0.790. The number of fused-ring (bicyclic) bond motifs is 3. The van der Waals surface area contributed by atoms with Crippen molar-refractivity contribution in [2.75, 3.05) is 13.6 Å². The summed E-state index contributed by atoms with van der Waals surface area (Å²) in [7, 11) is 1.68. The van der Waals surface area contributed by atoms with Crippen LogP contribution in [0.1, 0.15) is 37.7 Å². The molecule has 7 nitrogen and oxygen atoms in total. The van der Waals surface area contributed by atoms with Gasteiger partial charge in [0.1, 0.15) is 11.4 Å². The van der Waals surface area contributed by atoms with E-state index in [0.717, 1.165) is 30.3 Å². The van der Waals surface area contributed by atoms with Crippen LogP contribution in [-0.4, -0.2) is 45.7 Å². The molecule has 2 aliphatic heterocycles. The number of rotatable bonds is 3. The summed E-state index contributed by atoms with van der Waals surface area (Å²) in [5.74, 6) is 1.11. The Morgan fingerprint density at radius 3 is 2.50 bits per heavy atom. The first kappa shape index (κ1) is 14.7. The van der Waals surface area contributed by atoms with E-state index in [1.807, 2.05) is 25.3 Å². The molecule has 0 saturated carbocycles. The zero-order chi connectivity index (χ0) is 16.2. The van der Waals surface area contributed by atoms with Gasteiger partial charge < -0.3 is 0 Å². The van der Waals surface area contributed by atoms with Gasteiger partial charge in [0.2, 0.25) is 11.9 Å². The van der Waals surface area contributed by atoms with Crippen molar-refractivity contribution < 1.29 is 14.2 Å². The summed E-state index contributed by atoms with van der Waals surface area (Å²) >= 11 is 0. The molecule has 0 bridgehead atoms. The third kappa shape index (κ3) is 1.68. The van der Waals surface area contributed by atoms with Crippen LogP contribution in [0.5, 0.6) is 0 Å². The van der Waals surface area contributed by atoms with E-state index in [1.54, 1.807) is 7.05 Å². The Morgan fingerprint density at radius 1 is 1.23 bits per heavy atom. The highest BCUT2D eigenvalue weighted by Gasteiger charge is 2.53. The number of aromatic nitrogens is 2. The van der Waals surface area contributed by atoms with E-state index < -0.39 is 6.04 Å². The Bertz CT molecular complexity index is 703. The summed E-state index contributed by atoms with van der Waals surface area (Å²) in [4.78, 5) is 32.4. The van der Waals surface area contributed by atoms with Crippen LogP contribution in [-0.2, 0) is 11.3 Å². The van der Waals surface area contributed by atoms with Crippen LogP contribution in [0.25, 0.3) is 0 Å². The topological polar surface area (TPSA) is 61.8 Å². The average Bonchev–Trinajstić information content (AvgIpc) is 2.98. The van der Waals surface area contributed by atoms with Crippen LogP contribution >= 0.6 is 0 Å². The van der Waals surface area contributed by atoms with E-state index in [0.29, 0.717) is 12.4 Å². The maximum absolute atomic E-state index is 12.8. The van der Waals surface area contributed by atoms with Crippen LogP contribution in [0.15, 0.2) is 4.99 Å². The Balaban J connectivity index is 2.19. The second kappa shape index (κ2) is 4.93. The number of hydrogen-bond acceptors (Lipinski definition) is 3. The first-order valence-electron chi connectivity index (χ1n) is 7.72. The smallest absolute Gasteiger partial charge is 0.270 e. The summed E-state index contributed by atoms with van der Waals surface area (Å²) in [6.45, 7) is 9.19. The molecule has 2 aliphatic rings. The average molecular weight is 304 g/mol. The molecule has 1 aromatic rings. The van der Waals surface area contributed by atoms with Gasteiger partial charge in [-0.05, 0) is 27.2 Å². The van der Waals surface area contributed by atoms with E-state index >= 15 is 0 Å². The number of aliphatic imine (C=N–C) groups is 1. The van der Waals surface area contributed by atoms with Gasteiger partial charge in [0.05, 0.1) is 6.54 Å². The van der Waals surface area contributed by atoms with Gasteiger partial charge in [-0.25, -0.2) is 13.9 Å². The number of imide groups is 1. The van der Waals surface area contributed by atoms with E-state index in [4.69, 9.17) is 0 Å². The molecule has 3 heterocycles. The second-order valence-corrected chi connectivity index (χ2v) is 5.79. The molecule has 0 aromatic carbocycles. The van der Waals surface area contributed by atoms with Gasteiger partial charge >= 0.3 is 12.0 Å². The molecular formula is C15H22N5O2+. The molecule has 1 unspecified atom stereocenters. The Kier molecular flexibility index (Phi) is 3.30. The highest BCUT2D eigenvalue weighted by Crippen LogP contribution is 2.34. The number of hydrogen-bond donors (Lipinski definition) is 0. The lowest BCUT2D eigenvalue weighted by atomic mass is 10.1. The van der Waals surface area contributed by atoms with Crippen LogP contribution in [0.4, 0.5) is 10.7 Å². The van der Waals surface area contributed by atoms with E-state index in [9.17, 15) is 9.59 Å². The lowest BCUT2D eigenvalue weighted by molar-refractivity contribution is -0.689. The summed E-state index contributed by atoms with van der Waals surface area (Å²) in [5, 5.41) is 0. The maximum atomic E-state index is 12.8. The molecule has 22 heavy (non-hydrogen) atoms. The van der Waals surface area contributed by atoms with Crippen molar-refractivity contribution in [1.29, 1.82) is 0 Å². The number of carbonyl (C=O) groups is 2. The Labute approximate surface area is 129 Å². The zero-order valence-electron chi connectivity index (χ0n) is 13.8. The van der Waals surface area contributed by atoms with Gasteiger partial charge in [0.15, 0.2) is 0 Å². The molecule has 0 N–H and O–H groups in total.